The maximum atomic E-state index is 13.5. The van der Waals surface area contributed by atoms with Crippen LogP contribution in [0.25, 0.3) is 0 Å². The van der Waals surface area contributed by atoms with Gasteiger partial charge in [0.1, 0.15) is 12.2 Å². The Morgan fingerprint density at radius 3 is 2.18 bits per heavy atom. The van der Waals surface area contributed by atoms with Crippen LogP contribution in [0.15, 0.2) is 11.6 Å². The third kappa shape index (κ3) is 5.07. The number of Topliss-reactive ketones (excluding diaryl/α,β-unsaturated/α-hetero) is 1. The first kappa shape index (κ1) is 32.0. The summed E-state index contributed by atoms with van der Waals surface area (Å²) in [5.41, 5.74) is -2.10. The number of carbonyl (C=O) groups excluding carboxylic acids is 2. The molecular formula is C34H55NO4. The van der Waals surface area contributed by atoms with Crippen LogP contribution < -0.4 is 0 Å². The number of epoxide rings is 1. The zero-order chi connectivity index (χ0) is 29.9. The van der Waals surface area contributed by atoms with E-state index in [-0.39, 0.29) is 45.8 Å². The molecule has 1 heterocycles. The number of aliphatic hydroxyl groups excluding tert-OH is 1. The van der Waals surface area contributed by atoms with Crippen molar-refractivity contribution in [2.45, 2.75) is 139 Å². The highest BCUT2D eigenvalue weighted by atomic mass is 16.6. The van der Waals surface area contributed by atoms with Crippen molar-refractivity contribution in [2.24, 2.45) is 38.4 Å². The van der Waals surface area contributed by atoms with E-state index in [4.69, 9.17) is 4.74 Å². The molecule has 1 N–H and O–H groups in total. The molecule has 39 heavy (non-hydrogen) atoms. The van der Waals surface area contributed by atoms with Gasteiger partial charge in [0.05, 0.1) is 0 Å². The fourth-order valence-corrected chi connectivity index (χ4v) is 8.56. The topological polar surface area (TPSA) is 90.7 Å². The summed E-state index contributed by atoms with van der Waals surface area (Å²) in [6, 6.07) is 2.23. The predicted molar refractivity (Wildman–Crippen MR) is 156 cm³/mol. The molecule has 0 unspecified atom stereocenters. The molecule has 0 bridgehead atoms. The number of aliphatic hydroxyl groups is 1. The van der Waals surface area contributed by atoms with E-state index in [1.54, 1.807) is 6.92 Å². The molecule has 2 saturated carbocycles. The second-order valence-corrected chi connectivity index (χ2v) is 16.0. The van der Waals surface area contributed by atoms with Crippen LogP contribution in [0.2, 0.25) is 0 Å². The molecule has 0 amide bonds. The Labute approximate surface area is 238 Å². The molecular weight excluding hydrogens is 486 g/mol. The highest BCUT2D eigenvalue weighted by Crippen LogP contribution is 2.73. The maximum absolute atomic E-state index is 13.5. The van der Waals surface area contributed by atoms with Crippen molar-refractivity contribution in [3.8, 4) is 6.07 Å². The van der Waals surface area contributed by atoms with E-state index in [0.29, 0.717) is 0 Å². The number of allylic oxidation sites excluding steroid dienone is 1. The van der Waals surface area contributed by atoms with Crippen LogP contribution in [-0.2, 0) is 14.3 Å². The Morgan fingerprint density at radius 1 is 1.08 bits per heavy atom. The van der Waals surface area contributed by atoms with E-state index in [1.807, 2.05) is 19.9 Å². The molecule has 2 aliphatic carbocycles. The monoisotopic (exact) mass is 541 g/mol. The Morgan fingerprint density at radius 2 is 1.67 bits per heavy atom. The van der Waals surface area contributed by atoms with Crippen LogP contribution in [0, 0.1) is 49.7 Å². The second kappa shape index (κ2) is 10.1. The molecule has 3 fully saturated rings. The van der Waals surface area contributed by atoms with Crippen molar-refractivity contribution in [3.63, 3.8) is 0 Å². The van der Waals surface area contributed by atoms with Gasteiger partial charge < -0.3 is 9.84 Å². The zero-order valence-electron chi connectivity index (χ0n) is 26.7. The Hall–Kier alpha value is -1.51. The number of carbonyl (C=O) groups is 2. The van der Waals surface area contributed by atoms with E-state index >= 15 is 0 Å². The molecule has 1 saturated heterocycles. The average Bonchev–Trinajstić information content (AvgIpc) is 3.60. The molecule has 220 valence electrons. The predicted octanol–water partition coefficient (Wildman–Crippen LogP) is 7.61. The van der Waals surface area contributed by atoms with Gasteiger partial charge >= 0.3 is 0 Å². The van der Waals surface area contributed by atoms with Gasteiger partial charge in [-0.05, 0) is 85.5 Å². The Balaban J connectivity index is 1.97. The first-order valence-corrected chi connectivity index (χ1v) is 15.2. The van der Waals surface area contributed by atoms with Crippen molar-refractivity contribution in [1.29, 1.82) is 5.26 Å². The molecule has 0 aromatic rings. The van der Waals surface area contributed by atoms with Gasteiger partial charge in [-0.1, -0.05) is 81.2 Å². The summed E-state index contributed by atoms with van der Waals surface area (Å²) >= 11 is 0. The molecule has 6 atom stereocenters. The van der Waals surface area contributed by atoms with Crippen LogP contribution in [-0.4, -0.2) is 35.0 Å². The summed E-state index contributed by atoms with van der Waals surface area (Å²) in [7, 11) is 0. The highest BCUT2D eigenvalue weighted by molar-refractivity contribution is 6.00. The summed E-state index contributed by atoms with van der Waals surface area (Å²) in [5, 5.41) is 20.6. The minimum Gasteiger partial charge on any atom is -0.396 e. The van der Waals surface area contributed by atoms with Gasteiger partial charge in [0, 0.05) is 17.4 Å². The Kier molecular flexibility index (Phi) is 8.28. The molecule has 0 spiro atoms. The lowest BCUT2D eigenvalue weighted by molar-refractivity contribution is -0.142. The van der Waals surface area contributed by atoms with E-state index < -0.39 is 22.5 Å². The van der Waals surface area contributed by atoms with Gasteiger partial charge in [-0.25, -0.2) is 0 Å². The van der Waals surface area contributed by atoms with E-state index in [1.165, 1.54) is 12.8 Å². The maximum Gasteiger partial charge on any atom is 0.240 e. The minimum absolute atomic E-state index is 0.00911. The van der Waals surface area contributed by atoms with Crippen molar-refractivity contribution in [1.82, 2.24) is 0 Å². The Bertz CT molecular complexity index is 1060. The first-order chi connectivity index (χ1) is 17.7. The molecule has 5 heteroatoms. The number of ether oxygens (including phenoxy) is 1. The summed E-state index contributed by atoms with van der Waals surface area (Å²) in [4.78, 5) is 26.2. The van der Waals surface area contributed by atoms with Gasteiger partial charge in [-0.15, -0.1) is 0 Å². The van der Waals surface area contributed by atoms with E-state index in [0.717, 1.165) is 44.1 Å². The normalized spacial score (nSPS) is 36.5. The number of fused-ring (bicyclic) bond motifs is 3. The number of rotatable bonds is 11. The van der Waals surface area contributed by atoms with Crippen LogP contribution in [0.3, 0.4) is 0 Å². The molecule has 0 aromatic heterocycles. The third-order valence-electron chi connectivity index (χ3n) is 11.9. The molecule has 0 aromatic carbocycles. The van der Waals surface area contributed by atoms with E-state index in [2.05, 4.69) is 61.5 Å². The van der Waals surface area contributed by atoms with Crippen LogP contribution >= 0.6 is 0 Å². The molecule has 5 nitrogen and oxygen atoms in total. The van der Waals surface area contributed by atoms with Gasteiger partial charge in [0.15, 0.2) is 11.6 Å². The molecule has 3 rings (SSSR count). The summed E-state index contributed by atoms with van der Waals surface area (Å²) in [6.07, 6.45) is 9.21. The van der Waals surface area contributed by atoms with Crippen molar-refractivity contribution >= 4 is 11.6 Å². The van der Waals surface area contributed by atoms with Gasteiger partial charge in [0.2, 0.25) is 5.60 Å². The highest BCUT2D eigenvalue weighted by Gasteiger charge is 2.81. The lowest BCUT2D eigenvalue weighted by atomic mass is 9.40. The lowest BCUT2D eigenvalue weighted by Gasteiger charge is -2.61. The van der Waals surface area contributed by atoms with Gasteiger partial charge in [-0.3, -0.25) is 9.59 Å². The molecule has 0 radical (unpaired) electrons. The number of nitrogens with zero attached hydrogens (tertiary/aromatic N) is 1. The quantitative estimate of drug-likeness (QED) is 0.215. The standard InChI is InChI=1S/C34H55NO4/c1-12-14-28(3,4)16-18-31(9,22-36)19-17-29(5,6)32(10)15-13-24-30(7,8)26(38)34(21-35)27(39-34)33(24,11)25(32)20-23(2)37/h20,24,27,36H,12-19,22H2,1-11H3/b25-20+/t24-,27+,31-,32+,33-,34-/m0/s1. The number of ketones is 2. The van der Waals surface area contributed by atoms with E-state index in [9.17, 15) is 20.0 Å². The summed E-state index contributed by atoms with van der Waals surface area (Å²) < 4.78 is 6.07. The molecule has 3 aliphatic rings. The van der Waals surface area contributed by atoms with Crippen LogP contribution in [0.1, 0.15) is 128 Å². The summed E-state index contributed by atoms with van der Waals surface area (Å²) in [5.74, 6) is -0.130. The number of nitriles is 1. The fourth-order valence-electron chi connectivity index (χ4n) is 8.56. The van der Waals surface area contributed by atoms with Crippen molar-refractivity contribution in [2.75, 3.05) is 6.61 Å². The minimum atomic E-state index is -1.41. The van der Waals surface area contributed by atoms with Gasteiger partial charge in [0.25, 0.3) is 0 Å². The number of hydrogen-bond donors (Lipinski definition) is 1. The van der Waals surface area contributed by atoms with Crippen LogP contribution in [0.4, 0.5) is 0 Å². The molecule has 1 aliphatic heterocycles. The summed E-state index contributed by atoms with van der Waals surface area (Å²) in [6.45, 7) is 23.8. The zero-order valence-corrected chi connectivity index (χ0v) is 26.7. The smallest absolute Gasteiger partial charge is 0.240 e. The van der Waals surface area contributed by atoms with Crippen molar-refractivity contribution < 1.29 is 19.4 Å². The largest absolute Gasteiger partial charge is 0.396 e. The number of hydrogen-bond acceptors (Lipinski definition) is 5. The third-order valence-corrected chi connectivity index (χ3v) is 11.9. The van der Waals surface area contributed by atoms with Gasteiger partial charge in [-0.2, -0.15) is 5.26 Å². The lowest BCUT2D eigenvalue weighted by Crippen LogP contribution is -2.62. The first-order valence-electron chi connectivity index (χ1n) is 15.2. The van der Waals surface area contributed by atoms with Crippen LogP contribution in [0.5, 0.6) is 0 Å². The fraction of sp³-hybridized carbons (Fsp3) is 0.853. The average molecular weight is 542 g/mol. The second-order valence-electron chi connectivity index (χ2n) is 16.0. The van der Waals surface area contributed by atoms with Crippen molar-refractivity contribution in [3.05, 3.63) is 11.6 Å². The SMILES string of the molecule is CCCC(C)(C)CC[C@](C)(CO)CCC(C)(C)[C@]1(C)CC[C@H]2C(C)(C)C(=O)[C@]3(C#N)O[C@@H]3[C@]2(C)/C1=C/C(C)=O.